The molecule has 1 aliphatic rings. The first kappa shape index (κ1) is 18.2. The van der Waals surface area contributed by atoms with Gasteiger partial charge in [0.15, 0.2) is 0 Å². The van der Waals surface area contributed by atoms with Crippen LogP contribution in [0.5, 0.6) is 0 Å². The van der Waals surface area contributed by atoms with E-state index in [0.29, 0.717) is 18.3 Å². The number of benzene rings is 2. The van der Waals surface area contributed by atoms with Gasteiger partial charge in [-0.15, -0.1) is 0 Å². The van der Waals surface area contributed by atoms with Gasteiger partial charge < -0.3 is 14.7 Å². The van der Waals surface area contributed by atoms with Gasteiger partial charge >= 0.3 is 6.03 Å². The lowest BCUT2D eigenvalue weighted by Crippen LogP contribution is -2.35. The third-order valence-corrected chi connectivity index (χ3v) is 5.26. The van der Waals surface area contributed by atoms with E-state index in [1.165, 1.54) is 5.56 Å². The third kappa shape index (κ3) is 3.50. The van der Waals surface area contributed by atoms with Gasteiger partial charge in [0.25, 0.3) is 0 Å². The Morgan fingerprint density at radius 1 is 1.11 bits per heavy atom. The molecule has 1 N–H and O–H groups in total. The van der Waals surface area contributed by atoms with Crippen LogP contribution in [-0.4, -0.2) is 27.6 Å². The number of para-hydroxylation sites is 1. The first-order valence-electron chi connectivity index (χ1n) is 9.57. The Bertz CT molecular complexity index is 974. The summed E-state index contributed by atoms with van der Waals surface area (Å²) in [7, 11) is 0. The zero-order valence-electron chi connectivity index (χ0n) is 16.4. The van der Waals surface area contributed by atoms with E-state index in [4.69, 9.17) is 4.52 Å². The Hall–Kier alpha value is -3.15. The predicted octanol–water partition coefficient (Wildman–Crippen LogP) is 5.03. The molecule has 1 aromatic heterocycles. The Balaban J connectivity index is 1.54. The van der Waals surface area contributed by atoms with E-state index < -0.39 is 0 Å². The highest BCUT2D eigenvalue weighted by Gasteiger charge is 2.34. The van der Waals surface area contributed by atoms with Gasteiger partial charge in [-0.2, -0.15) is 4.98 Å². The van der Waals surface area contributed by atoms with Gasteiger partial charge in [0.2, 0.25) is 11.7 Å². The van der Waals surface area contributed by atoms with Gasteiger partial charge in [-0.05, 0) is 44.7 Å². The number of amides is 2. The lowest BCUT2D eigenvalue weighted by molar-refractivity contribution is 0.193. The van der Waals surface area contributed by atoms with E-state index in [-0.39, 0.29) is 12.1 Å². The molecule has 28 heavy (non-hydrogen) atoms. The largest absolute Gasteiger partial charge is 0.337 e. The van der Waals surface area contributed by atoms with Crippen LogP contribution in [0, 0.1) is 20.8 Å². The zero-order chi connectivity index (χ0) is 19.7. The van der Waals surface area contributed by atoms with Gasteiger partial charge in [0, 0.05) is 17.8 Å². The highest BCUT2D eigenvalue weighted by Crippen LogP contribution is 2.33. The quantitative estimate of drug-likeness (QED) is 0.696. The van der Waals surface area contributed by atoms with Crippen LogP contribution in [0.25, 0.3) is 11.4 Å². The molecule has 1 atom stereocenters. The van der Waals surface area contributed by atoms with Crippen molar-refractivity contribution in [2.24, 2.45) is 0 Å². The lowest BCUT2D eigenvalue weighted by atomic mass is 10.1. The van der Waals surface area contributed by atoms with E-state index in [9.17, 15) is 4.79 Å². The van der Waals surface area contributed by atoms with Crippen molar-refractivity contribution >= 4 is 11.7 Å². The Morgan fingerprint density at radius 3 is 2.54 bits per heavy atom. The van der Waals surface area contributed by atoms with Crippen molar-refractivity contribution in [3.63, 3.8) is 0 Å². The molecule has 1 fully saturated rings. The van der Waals surface area contributed by atoms with Crippen molar-refractivity contribution in [3.05, 3.63) is 65.0 Å². The summed E-state index contributed by atoms with van der Waals surface area (Å²) in [6, 6.07) is 13.6. The number of likely N-dealkylation sites (tertiary alicyclic amines) is 1. The van der Waals surface area contributed by atoms with Crippen LogP contribution < -0.4 is 5.32 Å². The molecule has 0 aliphatic carbocycles. The average Bonchev–Trinajstić information content (AvgIpc) is 3.34. The Labute approximate surface area is 164 Å². The number of anilines is 1. The van der Waals surface area contributed by atoms with Gasteiger partial charge in [-0.25, -0.2) is 4.79 Å². The molecule has 2 heterocycles. The van der Waals surface area contributed by atoms with Crippen molar-refractivity contribution in [1.29, 1.82) is 0 Å². The fourth-order valence-electron chi connectivity index (χ4n) is 3.65. The molecule has 1 saturated heterocycles. The molecule has 3 aromatic rings. The van der Waals surface area contributed by atoms with Gasteiger partial charge in [0.05, 0.1) is 0 Å². The molecule has 6 nitrogen and oxygen atoms in total. The number of carbonyl (C=O) groups excluding carboxylic acids is 1. The number of rotatable bonds is 3. The van der Waals surface area contributed by atoms with E-state index in [2.05, 4.69) is 15.5 Å². The SMILES string of the molecule is Cc1ccc(-c2noc(C3CCCN3C(=O)Nc3c(C)cccc3C)n2)cc1. The maximum absolute atomic E-state index is 12.9. The van der Waals surface area contributed by atoms with Gasteiger partial charge in [0.1, 0.15) is 6.04 Å². The minimum absolute atomic E-state index is 0.130. The minimum atomic E-state index is -0.198. The summed E-state index contributed by atoms with van der Waals surface area (Å²) >= 11 is 0. The summed E-state index contributed by atoms with van der Waals surface area (Å²) in [5.74, 6) is 1.04. The second kappa shape index (κ2) is 7.46. The fourth-order valence-corrected chi connectivity index (χ4v) is 3.65. The van der Waals surface area contributed by atoms with Crippen LogP contribution in [0.1, 0.15) is 41.5 Å². The van der Waals surface area contributed by atoms with Crippen LogP contribution in [0.3, 0.4) is 0 Å². The van der Waals surface area contributed by atoms with Crippen molar-refractivity contribution in [2.75, 3.05) is 11.9 Å². The van der Waals surface area contributed by atoms with E-state index in [1.54, 1.807) is 4.90 Å². The second-order valence-electron chi connectivity index (χ2n) is 7.37. The van der Waals surface area contributed by atoms with Crippen LogP contribution in [0.15, 0.2) is 47.0 Å². The molecule has 0 bridgehead atoms. The topological polar surface area (TPSA) is 71.3 Å². The van der Waals surface area contributed by atoms with Crippen molar-refractivity contribution in [3.8, 4) is 11.4 Å². The van der Waals surface area contributed by atoms with Crippen LogP contribution >= 0.6 is 0 Å². The van der Waals surface area contributed by atoms with Crippen molar-refractivity contribution in [1.82, 2.24) is 15.0 Å². The first-order chi connectivity index (χ1) is 13.5. The van der Waals surface area contributed by atoms with Gasteiger partial charge in [-0.1, -0.05) is 53.2 Å². The van der Waals surface area contributed by atoms with Crippen LogP contribution in [0.4, 0.5) is 10.5 Å². The maximum atomic E-state index is 12.9. The summed E-state index contributed by atoms with van der Waals surface area (Å²) < 4.78 is 5.53. The standard InChI is InChI=1S/C22H24N4O2/c1-14-9-11-17(12-10-14)20-24-21(28-25-20)18-8-5-13-26(18)22(27)23-19-15(2)6-4-7-16(19)3/h4,6-7,9-12,18H,5,8,13H2,1-3H3,(H,23,27). The Kier molecular flexibility index (Phi) is 4.86. The van der Waals surface area contributed by atoms with E-state index in [0.717, 1.165) is 35.2 Å². The molecule has 0 saturated carbocycles. The number of aromatic nitrogens is 2. The zero-order valence-corrected chi connectivity index (χ0v) is 16.4. The smallest absolute Gasteiger partial charge is 0.322 e. The minimum Gasteiger partial charge on any atom is -0.337 e. The molecule has 2 aromatic carbocycles. The van der Waals surface area contributed by atoms with Crippen molar-refractivity contribution in [2.45, 2.75) is 39.7 Å². The molecule has 1 aliphatic heterocycles. The highest BCUT2D eigenvalue weighted by atomic mass is 16.5. The molecule has 0 spiro atoms. The normalized spacial score (nSPS) is 16.4. The molecule has 0 radical (unpaired) electrons. The number of hydrogen-bond donors (Lipinski definition) is 1. The lowest BCUT2D eigenvalue weighted by Gasteiger charge is -2.23. The third-order valence-electron chi connectivity index (χ3n) is 5.26. The summed E-state index contributed by atoms with van der Waals surface area (Å²) in [6.07, 6.45) is 1.72. The van der Waals surface area contributed by atoms with Crippen LogP contribution in [0.2, 0.25) is 0 Å². The molecule has 6 heteroatoms. The van der Waals surface area contributed by atoms with Crippen LogP contribution in [-0.2, 0) is 0 Å². The first-order valence-corrected chi connectivity index (χ1v) is 9.57. The second-order valence-corrected chi connectivity index (χ2v) is 7.37. The number of aryl methyl sites for hydroxylation is 3. The van der Waals surface area contributed by atoms with Gasteiger partial charge in [-0.3, -0.25) is 0 Å². The monoisotopic (exact) mass is 376 g/mol. The molecular formula is C22H24N4O2. The number of urea groups is 1. The number of nitrogens with one attached hydrogen (secondary N) is 1. The highest BCUT2D eigenvalue weighted by molar-refractivity contribution is 5.91. The fraction of sp³-hybridized carbons (Fsp3) is 0.318. The van der Waals surface area contributed by atoms with Crippen molar-refractivity contribution < 1.29 is 9.32 Å². The summed E-state index contributed by atoms with van der Waals surface area (Å²) in [4.78, 5) is 19.3. The molecule has 1 unspecified atom stereocenters. The van der Waals surface area contributed by atoms with E-state index >= 15 is 0 Å². The predicted molar refractivity (Wildman–Crippen MR) is 108 cm³/mol. The molecule has 4 rings (SSSR count). The number of hydrogen-bond acceptors (Lipinski definition) is 4. The molecule has 144 valence electrons. The van der Waals surface area contributed by atoms with E-state index in [1.807, 2.05) is 63.2 Å². The Morgan fingerprint density at radius 2 is 1.82 bits per heavy atom. The molecule has 2 amide bonds. The number of carbonyl (C=O) groups is 1. The average molecular weight is 376 g/mol. The summed E-state index contributed by atoms with van der Waals surface area (Å²) in [5, 5.41) is 7.18. The summed E-state index contributed by atoms with van der Waals surface area (Å²) in [6.45, 7) is 6.70. The molecular weight excluding hydrogens is 352 g/mol. The summed E-state index contributed by atoms with van der Waals surface area (Å²) in [5.41, 5.74) is 5.04. The maximum Gasteiger partial charge on any atom is 0.322 e. The number of nitrogens with zero attached hydrogens (tertiary/aromatic N) is 3.